The Bertz CT molecular complexity index is 647. The molecule has 0 fully saturated rings. The summed E-state index contributed by atoms with van der Waals surface area (Å²) in [6.45, 7) is 1.71. The Kier molecular flexibility index (Phi) is 3.99. The number of aryl methyl sites for hydroxylation is 1. The van der Waals surface area contributed by atoms with E-state index in [1.54, 1.807) is 25.1 Å². The molecule has 0 radical (unpaired) electrons. The van der Waals surface area contributed by atoms with Gasteiger partial charge in [0, 0.05) is 5.69 Å². The number of carbonyl (C=O) groups is 2. The van der Waals surface area contributed by atoms with Crippen molar-refractivity contribution in [3.63, 3.8) is 0 Å². The summed E-state index contributed by atoms with van der Waals surface area (Å²) in [5.74, 6) is -0.815. The highest BCUT2D eigenvalue weighted by atomic mass is 32.1. The van der Waals surface area contributed by atoms with E-state index in [1.165, 1.54) is 13.2 Å². The molecule has 0 atom stereocenters. The second-order valence-electron chi connectivity index (χ2n) is 4.03. The summed E-state index contributed by atoms with van der Waals surface area (Å²) in [6, 6.07) is 6.47. The van der Waals surface area contributed by atoms with E-state index in [0.717, 1.165) is 11.5 Å². The Morgan fingerprint density at radius 1 is 1.40 bits per heavy atom. The van der Waals surface area contributed by atoms with Crippen LogP contribution < -0.4 is 11.1 Å². The average molecular weight is 291 g/mol. The summed E-state index contributed by atoms with van der Waals surface area (Å²) in [7, 11) is 1.30. The molecule has 0 saturated carbocycles. The number of benzene rings is 1. The zero-order valence-electron chi connectivity index (χ0n) is 11.0. The number of methoxy groups -OCH3 is 1. The zero-order chi connectivity index (χ0) is 14.7. The van der Waals surface area contributed by atoms with Gasteiger partial charge in [0.05, 0.1) is 23.9 Å². The molecule has 20 heavy (non-hydrogen) atoms. The molecule has 6 nitrogen and oxygen atoms in total. The van der Waals surface area contributed by atoms with Gasteiger partial charge in [0.15, 0.2) is 0 Å². The summed E-state index contributed by atoms with van der Waals surface area (Å²) in [5.41, 5.74) is 7.50. The maximum absolute atomic E-state index is 12.1. The van der Waals surface area contributed by atoms with Crippen LogP contribution in [0, 0.1) is 6.92 Å². The van der Waals surface area contributed by atoms with E-state index in [1.807, 2.05) is 0 Å². The minimum absolute atomic E-state index is 0.351. The molecule has 1 amide bonds. The molecule has 0 aliphatic rings. The van der Waals surface area contributed by atoms with E-state index in [0.29, 0.717) is 27.5 Å². The Morgan fingerprint density at radius 2 is 2.15 bits per heavy atom. The molecule has 104 valence electrons. The van der Waals surface area contributed by atoms with Crippen LogP contribution in [0.15, 0.2) is 24.3 Å². The molecule has 3 N–H and O–H groups in total. The summed E-state index contributed by atoms with van der Waals surface area (Å²) in [6.07, 6.45) is 0. The number of nitrogen functional groups attached to an aromatic ring is 1. The normalized spacial score (nSPS) is 10.1. The van der Waals surface area contributed by atoms with Gasteiger partial charge in [-0.25, -0.2) is 4.79 Å². The van der Waals surface area contributed by atoms with Crippen LogP contribution in [0.1, 0.15) is 26.4 Å². The average Bonchev–Trinajstić information content (AvgIpc) is 2.77. The molecule has 2 aromatic rings. The molecule has 0 aliphatic heterocycles. The molecule has 1 heterocycles. The van der Waals surface area contributed by atoms with Crippen LogP contribution in [0.3, 0.4) is 0 Å². The fourth-order valence-electron chi connectivity index (χ4n) is 1.70. The lowest BCUT2D eigenvalue weighted by Gasteiger charge is -2.06. The Morgan fingerprint density at radius 3 is 2.75 bits per heavy atom. The molecule has 2 rings (SSSR count). The largest absolute Gasteiger partial charge is 0.465 e. The number of nitrogens with two attached hydrogens (primary N) is 1. The number of nitrogens with one attached hydrogen (secondary N) is 1. The number of amides is 1. The highest BCUT2D eigenvalue weighted by Crippen LogP contribution is 2.22. The first kappa shape index (κ1) is 14.0. The molecule has 7 heteroatoms. The SMILES string of the molecule is COC(=O)c1cccc(NC(=O)c2c(C)nsc2N)c1. The predicted molar refractivity (Wildman–Crippen MR) is 77.0 cm³/mol. The van der Waals surface area contributed by atoms with E-state index in [2.05, 4.69) is 14.4 Å². The fourth-order valence-corrected chi connectivity index (χ4v) is 2.36. The van der Waals surface area contributed by atoms with Crippen molar-refractivity contribution in [3.8, 4) is 0 Å². The quantitative estimate of drug-likeness (QED) is 0.844. The summed E-state index contributed by atoms with van der Waals surface area (Å²) < 4.78 is 8.65. The van der Waals surface area contributed by atoms with Crippen molar-refractivity contribution in [3.05, 3.63) is 41.1 Å². The highest BCUT2D eigenvalue weighted by molar-refractivity contribution is 7.10. The number of aromatic nitrogens is 1. The van der Waals surface area contributed by atoms with Crippen molar-refractivity contribution >= 4 is 34.1 Å². The second kappa shape index (κ2) is 5.70. The number of hydrogen-bond acceptors (Lipinski definition) is 6. The van der Waals surface area contributed by atoms with E-state index >= 15 is 0 Å². The molecule has 0 saturated heterocycles. The van der Waals surface area contributed by atoms with Crippen molar-refractivity contribution in [1.82, 2.24) is 4.37 Å². The van der Waals surface area contributed by atoms with Crippen molar-refractivity contribution < 1.29 is 14.3 Å². The summed E-state index contributed by atoms with van der Waals surface area (Å²) in [5, 5.41) is 3.05. The zero-order valence-corrected chi connectivity index (χ0v) is 11.8. The van der Waals surface area contributed by atoms with Gasteiger partial charge >= 0.3 is 5.97 Å². The van der Waals surface area contributed by atoms with Crippen LogP contribution >= 0.6 is 11.5 Å². The minimum atomic E-state index is -0.464. The molecule has 0 spiro atoms. The Hall–Kier alpha value is -2.41. The molecule has 0 bridgehead atoms. The standard InChI is InChI=1S/C13H13N3O3S/c1-7-10(11(14)20-16-7)12(17)15-9-5-3-4-8(6-9)13(18)19-2/h3-6H,14H2,1-2H3,(H,15,17). The lowest BCUT2D eigenvalue weighted by atomic mass is 10.2. The first-order chi connectivity index (χ1) is 9.52. The van der Waals surface area contributed by atoms with Crippen LogP contribution in [-0.4, -0.2) is 23.4 Å². The number of rotatable bonds is 3. The van der Waals surface area contributed by atoms with E-state index < -0.39 is 5.97 Å². The first-order valence-corrected chi connectivity index (χ1v) is 6.51. The van der Waals surface area contributed by atoms with Crippen molar-refractivity contribution in [1.29, 1.82) is 0 Å². The fraction of sp³-hybridized carbons (Fsp3) is 0.154. The van der Waals surface area contributed by atoms with E-state index in [9.17, 15) is 9.59 Å². The van der Waals surface area contributed by atoms with E-state index in [-0.39, 0.29) is 5.91 Å². The van der Waals surface area contributed by atoms with Gasteiger partial charge in [-0.2, -0.15) is 4.37 Å². The third-order valence-electron chi connectivity index (χ3n) is 2.66. The molecule has 0 unspecified atom stereocenters. The van der Waals surface area contributed by atoms with Gasteiger partial charge in [-0.05, 0) is 36.7 Å². The Balaban J connectivity index is 2.22. The van der Waals surface area contributed by atoms with Gasteiger partial charge in [-0.3, -0.25) is 4.79 Å². The highest BCUT2D eigenvalue weighted by Gasteiger charge is 2.17. The lowest BCUT2D eigenvalue weighted by Crippen LogP contribution is -2.14. The number of hydrogen-bond donors (Lipinski definition) is 2. The Labute approximate surface area is 119 Å². The number of nitrogens with zero attached hydrogens (tertiary/aromatic N) is 1. The second-order valence-corrected chi connectivity index (χ2v) is 4.84. The van der Waals surface area contributed by atoms with Crippen LogP contribution in [0.2, 0.25) is 0 Å². The summed E-state index contributed by atoms with van der Waals surface area (Å²) >= 11 is 1.07. The van der Waals surface area contributed by atoms with Gasteiger partial charge in [-0.15, -0.1) is 0 Å². The predicted octanol–water partition coefficient (Wildman–Crippen LogP) is 2.07. The van der Waals surface area contributed by atoms with Gasteiger partial charge in [0.1, 0.15) is 5.00 Å². The maximum atomic E-state index is 12.1. The molecule has 0 aliphatic carbocycles. The maximum Gasteiger partial charge on any atom is 0.337 e. The smallest absolute Gasteiger partial charge is 0.337 e. The molecule has 1 aromatic carbocycles. The van der Waals surface area contributed by atoms with Gasteiger partial charge < -0.3 is 15.8 Å². The topological polar surface area (TPSA) is 94.3 Å². The van der Waals surface area contributed by atoms with Crippen molar-refractivity contribution in [2.24, 2.45) is 0 Å². The minimum Gasteiger partial charge on any atom is -0.465 e. The van der Waals surface area contributed by atoms with Crippen LogP contribution in [0.25, 0.3) is 0 Å². The third-order valence-corrected chi connectivity index (χ3v) is 3.42. The van der Waals surface area contributed by atoms with E-state index in [4.69, 9.17) is 5.73 Å². The number of carbonyl (C=O) groups excluding carboxylic acids is 2. The van der Waals surface area contributed by atoms with Gasteiger partial charge in [0.25, 0.3) is 5.91 Å². The monoisotopic (exact) mass is 291 g/mol. The molecular formula is C13H13N3O3S. The van der Waals surface area contributed by atoms with Crippen LogP contribution in [-0.2, 0) is 4.74 Å². The van der Waals surface area contributed by atoms with Crippen LogP contribution in [0.4, 0.5) is 10.7 Å². The summed E-state index contributed by atoms with van der Waals surface area (Å²) in [4.78, 5) is 23.6. The number of ether oxygens (including phenoxy) is 1. The number of esters is 1. The van der Waals surface area contributed by atoms with Gasteiger partial charge in [-0.1, -0.05) is 6.07 Å². The lowest BCUT2D eigenvalue weighted by molar-refractivity contribution is 0.0600. The third kappa shape index (κ3) is 2.77. The van der Waals surface area contributed by atoms with Crippen molar-refractivity contribution in [2.75, 3.05) is 18.2 Å². The first-order valence-electron chi connectivity index (χ1n) is 5.74. The van der Waals surface area contributed by atoms with Gasteiger partial charge in [0.2, 0.25) is 0 Å². The number of anilines is 2. The molecular weight excluding hydrogens is 278 g/mol. The van der Waals surface area contributed by atoms with Crippen LogP contribution in [0.5, 0.6) is 0 Å². The van der Waals surface area contributed by atoms with Crippen molar-refractivity contribution in [2.45, 2.75) is 6.92 Å². The molecule has 1 aromatic heterocycles.